The standard InChI is InChI=1S/C14H13N3O2/c15-14-7-9(14)8-3-1-2-4-10(8)18-11-5-6-12(19-16)17-13(11)14/h1-6,9H,7,15-16H2. The SMILES string of the molecule is NOc1ccc2c(n1)C1(N)CC1c1ccccc1O2. The van der Waals surface area contributed by atoms with Gasteiger partial charge < -0.3 is 15.3 Å². The van der Waals surface area contributed by atoms with Crippen LogP contribution in [0.5, 0.6) is 17.4 Å². The van der Waals surface area contributed by atoms with E-state index >= 15 is 0 Å². The maximum Gasteiger partial charge on any atom is 0.237 e. The fraction of sp³-hybridized carbons (Fsp3) is 0.214. The number of hydrogen-bond acceptors (Lipinski definition) is 5. The number of nitrogens with zero attached hydrogens (tertiary/aromatic N) is 1. The molecule has 4 rings (SSSR count). The van der Waals surface area contributed by atoms with Gasteiger partial charge in [-0.1, -0.05) is 18.2 Å². The van der Waals surface area contributed by atoms with Gasteiger partial charge in [-0.15, -0.1) is 0 Å². The van der Waals surface area contributed by atoms with Crippen LogP contribution < -0.4 is 21.2 Å². The smallest absolute Gasteiger partial charge is 0.237 e. The van der Waals surface area contributed by atoms with Crippen molar-refractivity contribution in [2.75, 3.05) is 0 Å². The predicted octanol–water partition coefficient (Wildman–Crippen LogP) is 1.78. The normalized spacial score (nSPS) is 26.3. The summed E-state index contributed by atoms with van der Waals surface area (Å²) in [7, 11) is 0. The second-order valence-electron chi connectivity index (χ2n) is 5.05. The topological polar surface area (TPSA) is 83.4 Å². The molecule has 2 atom stereocenters. The van der Waals surface area contributed by atoms with Crippen molar-refractivity contribution in [2.45, 2.75) is 17.9 Å². The van der Waals surface area contributed by atoms with Crippen molar-refractivity contribution < 1.29 is 9.57 Å². The van der Waals surface area contributed by atoms with Crippen LogP contribution in [0.1, 0.15) is 23.6 Å². The predicted molar refractivity (Wildman–Crippen MR) is 68.8 cm³/mol. The molecule has 2 unspecified atom stereocenters. The summed E-state index contributed by atoms with van der Waals surface area (Å²) in [5.74, 6) is 7.28. The Morgan fingerprint density at radius 3 is 2.89 bits per heavy atom. The lowest BCUT2D eigenvalue weighted by Gasteiger charge is -2.13. The molecule has 0 bridgehead atoms. The molecule has 1 fully saturated rings. The zero-order chi connectivity index (χ0) is 13.0. The quantitative estimate of drug-likeness (QED) is 0.759. The number of benzene rings is 1. The lowest BCUT2D eigenvalue weighted by molar-refractivity contribution is 0.317. The van der Waals surface area contributed by atoms with Gasteiger partial charge in [0.2, 0.25) is 5.88 Å². The molecule has 0 amide bonds. The molecule has 0 spiro atoms. The summed E-state index contributed by atoms with van der Waals surface area (Å²) in [6.07, 6.45) is 0.862. The van der Waals surface area contributed by atoms with E-state index in [1.54, 1.807) is 12.1 Å². The summed E-state index contributed by atoms with van der Waals surface area (Å²) in [6, 6.07) is 11.4. The van der Waals surface area contributed by atoms with E-state index in [0.717, 1.165) is 23.4 Å². The van der Waals surface area contributed by atoms with E-state index in [4.69, 9.17) is 16.4 Å². The Bertz CT molecular complexity index is 673. The largest absolute Gasteiger partial charge is 0.455 e. The third-order valence-electron chi connectivity index (χ3n) is 3.91. The molecule has 2 heterocycles. The van der Waals surface area contributed by atoms with Gasteiger partial charge in [0.15, 0.2) is 5.75 Å². The van der Waals surface area contributed by atoms with Gasteiger partial charge in [-0.05, 0) is 18.6 Å². The number of para-hydroxylation sites is 1. The summed E-state index contributed by atoms with van der Waals surface area (Å²) in [4.78, 5) is 9.06. The van der Waals surface area contributed by atoms with Crippen molar-refractivity contribution in [3.63, 3.8) is 0 Å². The molecule has 5 heteroatoms. The van der Waals surface area contributed by atoms with Gasteiger partial charge in [0.25, 0.3) is 0 Å². The van der Waals surface area contributed by atoms with E-state index in [1.807, 2.05) is 18.2 Å². The fourth-order valence-corrected chi connectivity index (χ4v) is 2.82. The second-order valence-corrected chi connectivity index (χ2v) is 5.05. The van der Waals surface area contributed by atoms with Crippen LogP contribution in [0.25, 0.3) is 0 Å². The Kier molecular flexibility index (Phi) is 1.97. The van der Waals surface area contributed by atoms with Crippen LogP contribution in [-0.4, -0.2) is 4.98 Å². The average molecular weight is 255 g/mol. The van der Waals surface area contributed by atoms with E-state index in [1.165, 1.54) is 0 Å². The zero-order valence-electron chi connectivity index (χ0n) is 10.2. The molecule has 1 aliphatic carbocycles. The highest BCUT2D eigenvalue weighted by Crippen LogP contribution is 2.62. The van der Waals surface area contributed by atoms with Crippen molar-refractivity contribution in [2.24, 2.45) is 11.6 Å². The summed E-state index contributed by atoms with van der Waals surface area (Å²) in [6.45, 7) is 0. The summed E-state index contributed by atoms with van der Waals surface area (Å²) in [5, 5.41) is 0. The zero-order valence-corrected chi connectivity index (χ0v) is 10.2. The maximum absolute atomic E-state index is 6.46. The second kappa shape index (κ2) is 3.46. The van der Waals surface area contributed by atoms with Gasteiger partial charge in [0, 0.05) is 17.5 Å². The van der Waals surface area contributed by atoms with Crippen LogP contribution in [0.2, 0.25) is 0 Å². The molecule has 1 aromatic carbocycles. The van der Waals surface area contributed by atoms with Crippen LogP contribution in [0.3, 0.4) is 0 Å². The van der Waals surface area contributed by atoms with E-state index in [2.05, 4.69) is 15.9 Å². The van der Waals surface area contributed by atoms with E-state index in [-0.39, 0.29) is 5.92 Å². The molecule has 4 N–H and O–H groups in total. The number of fused-ring (bicyclic) bond motifs is 5. The van der Waals surface area contributed by atoms with Crippen LogP contribution in [0, 0.1) is 0 Å². The first kappa shape index (κ1) is 10.8. The average Bonchev–Trinajstić information content (AvgIpc) is 3.13. The van der Waals surface area contributed by atoms with Crippen LogP contribution in [0.15, 0.2) is 36.4 Å². The number of aromatic nitrogens is 1. The van der Waals surface area contributed by atoms with Crippen LogP contribution >= 0.6 is 0 Å². The lowest BCUT2D eigenvalue weighted by Crippen LogP contribution is -2.23. The van der Waals surface area contributed by atoms with Crippen molar-refractivity contribution >= 4 is 0 Å². The molecule has 0 radical (unpaired) electrons. The molecule has 0 saturated heterocycles. The molecule has 96 valence electrons. The fourth-order valence-electron chi connectivity index (χ4n) is 2.82. The Hall–Kier alpha value is -2.11. The maximum atomic E-state index is 6.46. The van der Waals surface area contributed by atoms with E-state index in [0.29, 0.717) is 11.6 Å². The third-order valence-corrected chi connectivity index (χ3v) is 3.91. The van der Waals surface area contributed by atoms with E-state index in [9.17, 15) is 0 Å². The van der Waals surface area contributed by atoms with Gasteiger partial charge in [0.1, 0.15) is 11.4 Å². The molecule has 1 saturated carbocycles. The number of hydrogen-bond donors (Lipinski definition) is 2. The lowest BCUT2D eigenvalue weighted by atomic mass is 10.0. The van der Waals surface area contributed by atoms with Gasteiger partial charge in [0.05, 0.1) is 5.54 Å². The van der Waals surface area contributed by atoms with Gasteiger partial charge in [-0.2, -0.15) is 5.90 Å². The van der Waals surface area contributed by atoms with Crippen molar-refractivity contribution in [3.8, 4) is 17.4 Å². The molecule has 2 aliphatic rings. The molecule has 5 nitrogen and oxygen atoms in total. The molecular weight excluding hydrogens is 242 g/mol. The Morgan fingerprint density at radius 1 is 1.21 bits per heavy atom. The number of nitrogens with two attached hydrogens (primary N) is 2. The third kappa shape index (κ3) is 1.39. The Labute approximate surface area is 110 Å². The summed E-state index contributed by atoms with van der Waals surface area (Å²) < 4.78 is 5.93. The number of rotatable bonds is 1. The minimum Gasteiger partial charge on any atom is -0.455 e. The van der Waals surface area contributed by atoms with Gasteiger partial charge >= 0.3 is 0 Å². The van der Waals surface area contributed by atoms with Crippen LogP contribution in [-0.2, 0) is 5.54 Å². The van der Waals surface area contributed by atoms with Crippen molar-refractivity contribution in [3.05, 3.63) is 47.7 Å². The summed E-state index contributed by atoms with van der Waals surface area (Å²) >= 11 is 0. The molecule has 1 aromatic heterocycles. The van der Waals surface area contributed by atoms with Crippen LogP contribution in [0.4, 0.5) is 0 Å². The molecule has 1 aliphatic heterocycles. The van der Waals surface area contributed by atoms with Crippen molar-refractivity contribution in [1.29, 1.82) is 0 Å². The first-order valence-corrected chi connectivity index (χ1v) is 6.16. The monoisotopic (exact) mass is 255 g/mol. The highest BCUT2D eigenvalue weighted by Gasteiger charge is 2.58. The minimum atomic E-state index is -0.476. The van der Waals surface area contributed by atoms with Gasteiger partial charge in [-0.25, -0.2) is 4.98 Å². The highest BCUT2D eigenvalue weighted by molar-refractivity contribution is 5.54. The first-order valence-electron chi connectivity index (χ1n) is 6.16. The highest BCUT2D eigenvalue weighted by atomic mass is 16.6. The molecule has 2 aromatic rings. The summed E-state index contributed by atoms with van der Waals surface area (Å²) in [5.41, 5.74) is 7.84. The van der Waals surface area contributed by atoms with Gasteiger partial charge in [-0.3, -0.25) is 0 Å². The molecule has 19 heavy (non-hydrogen) atoms. The van der Waals surface area contributed by atoms with E-state index < -0.39 is 5.54 Å². The molecular formula is C14H13N3O2. The Morgan fingerprint density at radius 2 is 2.05 bits per heavy atom. The first-order chi connectivity index (χ1) is 9.22. The number of pyridine rings is 1. The Balaban J connectivity index is 1.93. The number of ether oxygens (including phenoxy) is 1. The minimum absolute atomic E-state index is 0.241. The van der Waals surface area contributed by atoms with Crippen molar-refractivity contribution in [1.82, 2.24) is 4.98 Å².